The molecule has 3 N–H and O–H groups in total. The maximum absolute atomic E-state index is 13.3. The van der Waals surface area contributed by atoms with Crippen molar-refractivity contribution in [3.05, 3.63) is 64.7 Å². The van der Waals surface area contributed by atoms with Gasteiger partial charge in [0.25, 0.3) is 0 Å². The van der Waals surface area contributed by atoms with Crippen molar-refractivity contribution in [1.82, 2.24) is 5.06 Å². The Labute approximate surface area is 195 Å². The van der Waals surface area contributed by atoms with Gasteiger partial charge >= 0.3 is 6.18 Å². The minimum Gasteiger partial charge on any atom is -0.489 e. The zero-order valence-electron chi connectivity index (χ0n) is 18.9. The third-order valence-corrected chi connectivity index (χ3v) is 6.80. The van der Waals surface area contributed by atoms with Crippen LogP contribution in [0, 0.1) is 5.92 Å². The Morgan fingerprint density at radius 1 is 1.24 bits per heavy atom. The van der Waals surface area contributed by atoms with Gasteiger partial charge in [-0.1, -0.05) is 29.3 Å². The molecule has 0 radical (unpaired) electrons. The number of nitrogens with zero attached hydrogens (tertiary/aromatic N) is 2. The first-order valence-electron chi connectivity index (χ1n) is 11.2. The fourth-order valence-corrected chi connectivity index (χ4v) is 4.96. The van der Waals surface area contributed by atoms with Crippen LogP contribution in [0.25, 0.3) is 11.1 Å². The van der Waals surface area contributed by atoms with E-state index in [1.807, 2.05) is 0 Å². The number of allylic oxidation sites excluding steroid dienone is 1. The number of hydroxylamine groups is 2. The largest absolute Gasteiger partial charge is 0.489 e. The van der Waals surface area contributed by atoms with E-state index in [-0.39, 0.29) is 24.6 Å². The van der Waals surface area contributed by atoms with Crippen LogP contribution in [0.1, 0.15) is 37.3 Å². The van der Waals surface area contributed by atoms with Gasteiger partial charge in [0, 0.05) is 26.0 Å². The van der Waals surface area contributed by atoms with Crippen molar-refractivity contribution in [2.75, 3.05) is 13.7 Å². The molecule has 5 rings (SSSR count). The van der Waals surface area contributed by atoms with Crippen molar-refractivity contribution in [3.63, 3.8) is 0 Å². The molecule has 3 unspecified atom stereocenters. The number of aliphatic hydroxyl groups is 1. The van der Waals surface area contributed by atoms with Gasteiger partial charge in [-0.15, -0.1) is 0 Å². The first-order chi connectivity index (χ1) is 16.1. The molecule has 0 fully saturated rings. The summed E-state index contributed by atoms with van der Waals surface area (Å²) in [4.78, 5) is 10.8. The molecule has 2 aromatic rings. The van der Waals surface area contributed by atoms with Crippen molar-refractivity contribution in [3.8, 4) is 16.9 Å². The summed E-state index contributed by atoms with van der Waals surface area (Å²) >= 11 is 0. The van der Waals surface area contributed by atoms with Crippen LogP contribution in [-0.4, -0.2) is 35.9 Å². The van der Waals surface area contributed by atoms with Gasteiger partial charge in [-0.2, -0.15) is 13.2 Å². The number of hydrogen-bond acceptors (Lipinski definition) is 6. The maximum Gasteiger partial charge on any atom is 0.416 e. The molecule has 180 valence electrons. The van der Waals surface area contributed by atoms with Crippen molar-refractivity contribution in [2.45, 2.75) is 44.2 Å². The molecule has 3 aliphatic rings. The van der Waals surface area contributed by atoms with E-state index in [1.54, 1.807) is 31.3 Å². The number of rotatable bonds is 5. The van der Waals surface area contributed by atoms with Gasteiger partial charge in [-0.05, 0) is 55.2 Å². The molecular formula is C25H26F3N3O3. The number of ether oxygens (including phenoxy) is 1. The van der Waals surface area contributed by atoms with Gasteiger partial charge in [0.15, 0.2) is 0 Å². The lowest BCUT2D eigenvalue weighted by atomic mass is 9.83. The lowest BCUT2D eigenvalue weighted by molar-refractivity contribution is -0.193. The van der Waals surface area contributed by atoms with Gasteiger partial charge in [0.2, 0.25) is 11.7 Å². The average molecular weight is 473 g/mol. The van der Waals surface area contributed by atoms with E-state index in [4.69, 9.17) is 15.3 Å². The number of benzene rings is 2. The SMILES string of the molecule is CC1=C(C(CCO)C2CC3(N=C(N)N(C)O3)c3cc(-c4cccc(C(F)(F)F)c4)ccc3O2)C1. The summed E-state index contributed by atoms with van der Waals surface area (Å²) in [6.07, 6.45) is -2.90. The van der Waals surface area contributed by atoms with Gasteiger partial charge in [0.1, 0.15) is 11.9 Å². The molecule has 0 saturated carbocycles. The topological polar surface area (TPSA) is 80.3 Å². The van der Waals surface area contributed by atoms with Gasteiger partial charge in [-0.3, -0.25) is 0 Å². The zero-order chi connectivity index (χ0) is 24.3. The Kier molecular flexibility index (Phi) is 5.37. The van der Waals surface area contributed by atoms with E-state index >= 15 is 0 Å². The van der Waals surface area contributed by atoms with Crippen LogP contribution < -0.4 is 10.5 Å². The number of alkyl halides is 3. The molecule has 34 heavy (non-hydrogen) atoms. The van der Waals surface area contributed by atoms with Gasteiger partial charge in [0.05, 0.1) is 11.1 Å². The quantitative estimate of drug-likeness (QED) is 0.621. The van der Waals surface area contributed by atoms with E-state index in [1.165, 1.54) is 22.3 Å². The average Bonchev–Trinajstić information content (AvgIpc) is 3.44. The summed E-state index contributed by atoms with van der Waals surface area (Å²) in [6.45, 7) is 2.10. The van der Waals surface area contributed by atoms with Crippen LogP contribution in [0.15, 0.2) is 58.6 Å². The summed E-state index contributed by atoms with van der Waals surface area (Å²) in [5.41, 5.74) is 8.39. The van der Waals surface area contributed by atoms with Gasteiger partial charge < -0.3 is 15.6 Å². The number of aliphatic imine (C=N–C) groups is 1. The molecule has 0 amide bonds. The highest BCUT2D eigenvalue weighted by atomic mass is 19.4. The molecule has 0 aromatic heterocycles. The monoisotopic (exact) mass is 473 g/mol. The molecule has 0 saturated heterocycles. The van der Waals surface area contributed by atoms with Gasteiger partial charge in [-0.25, -0.2) is 14.9 Å². The second kappa shape index (κ2) is 8.02. The van der Waals surface area contributed by atoms with Crippen LogP contribution in [0.5, 0.6) is 5.75 Å². The molecule has 2 heterocycles. The first kappa shape index (κ1) is 22.7. The third kappa shape index (κ3) is 3.92. The minimum absolute atomic E-state index is 0.0177. The zero-order valence-corrected chi connectivity index (χ0v) is 18.9. The van der Waals surface area contributed by atoms with E-state index in [9.17, 15) is 18.3 Å². The van der Waals surface area contributed by atoms with E-state index in [2.05, 4.69) is 11.9 Å². The third-order valence-electron chi connectivity index (χ3n) is 6.80. The van der Waals surface area contributed by atoms with Crippen LogP contribution in [0.2, 0.25) is 0 Å². The molecule has 0 bridgehead atoms. The summed E-state index contributed by atoms with van der Waals surface area (Å²) in [5.74, 6) is 0.765. The number of hydrogen-bond donors (Lipinski definition) is 2. The van der Waals surface area contributed by atoms with Crippen LogP contribution >= 0.6 is 0 Å². The first-order valence-corrected chi connectivity index (χ1v) is 11.2. The lowest BCUT2D eigenvalue weighted by Crippen LogP contribution is -2.42. The second-order valence-electron chi connectivity index (χ2n) is 9.09. The Balaban J connectivity index is 1.58. The van der Waals surface area contributed by atoms with Crippen LogP contribution in [0.3, 0.4) is 0 Å². The summed E-state index contributed by atoms with van der Waals surface area (Å²) in [6, 6.07) is 10.4. The van der Waals surface area contributed by atoms with E-state index in [0.717, 1.165) is 18.6 Å². The Morgan fingerprint density at radius 2 is 1.97 bits per heavy atom. The number of aliphatic hydroxyl groups excluding tert-OH is 1. The summed E-state index contributed by atoms with van der Waals surface area (Å²) in [5, 5.41) is 11.1. The van der Waals surface area contributed by atoms with E-state index in [0.29, 0.717) is 35.3 Å². The molecule has 3 atom stereocenters. The molecule has 1 aliphatic carbocycles. The number of fused-ring (bicyclic) bond motifs is 2. The molecule has 9 heteroatoms. The van der Waals surface area contributed by atoms with Crippen molar-refractivity contribution >= 4 is 5.96 Å². The Morgan fingerprint density at radius 3 is 2.59 bits per heavy atom. The standard InChI is InChI=1S/C25H26F3N3O3/c1-14-10-19(14)18(8-9-32)22-13-24(30-23(29)31(2)34-24)20-12-16(6-7-21(20)33-22)15-4-3-5-17(11-15)25(26,27)28/h3-7,11-12,18,22,32H,8-10,13H2,1-2H3,(H2,29,30). The lowest BCUT2D eigenvalue weighted by Gasteiger charge is -2.39. The molecule has 6 nitrogen and oxygen atoms in total. The predicted molar refractivity (Wildman–Crippen MR) is 121 cm³/mol. The highest BCUT2D eigenvalue weighted by molar-refractivity contribution is 5.79. The maximum atomic E-state index is 13.3. The fourth-order valence-electron chi connectivity index (χ4n) is 4.96. The minimum atomic E-state index is -4.44. The van der Waals surface area contributed by atoms with Crippen molar-refractivity contribution in [2.24, 2.45) is 16.6 Å². The Bertz CT molecular complexity index is 1190. The number of guanidine groups is 1. The highest BCUT2D eigenvalue weighted by Crippen LogP contribution is 2.51. The smallest absolute Gasteiger partial charge is 0.416 e. The molecular weight excluding hydrogens is 447 g/mol. The number of halogens is 3. The summed E-state index contributed by atoms with van der Waals surface area (Å²) < 4.78 is 46.2. The van der Waals surface area contributed by atoms with Crippen LogP contribution in [0.4, 0.5) is 13.2 Å². The van der Waals surface area contributed by atoms with Crippen molar-refractivity contribution < 1.29 is 27.9 Å². The second-order valence-corrected chi connectivity index (χ2v) is 9.09. The molecule has 1 spiro atoms. The summed E-state index contributed by atoms with van der Waals surface area (Å²) in [7, 11) is 1.66. The number of nitrogens with two attached hydrogens (primary N) is 1. The van der Waals surface area contributed by atoms with E-state index < -0.39 is 17.5 Å². The van der Waals surface area contributed by atoms with Crippen LogP contribution in [-0.2, 0) is 16.7 Å². The normalized spacial score (nSPS) is 24.7. The Hall–Kier alpha value is -3.04. The fraction of sp³-hybridized carbons (Fsp3) is 0.400. The molecule has 2 aliphatic heterocycles. The van der Waals surface area contributed by atoms with Crippen molar-refractivity contribution in [1.29, 1.82) is 0 Å². The molecule has 2 aromatic carbocycles. The highest BCUT2D eigenvalue weighted by Gasteiger charge is 2.51. The predicted octanol–water partition coefficient (Wildman–Crippen LogP) is 4.59.